The van der Waals surface area contributed by atoms with Crippen molar-refractivity contribution in [3.05, 3.63) is 103 Å². The van der Waals surface area contributed by atoms with Crippen molar-refractivity contribution in [1.82, 2.24) is 4.98 Å². The molecule has 3 aromatic carbocycles. The van der Waals surface area contributed by atoms with Crippen LogP contribution in [-0.4, -0.2) is 13.4 Å². The second kappa shape index (κ2) is 7.40. The Morgan fingerprint density at radius 1 is 0.821 bits per heavy atom. The number of anilines is 1. The molecular formula is C22H17FN2O2S. The second-order valence-corrected chi connectivity index (χ2v) is 8.16. The standard InChI is InChI=1S/C22H17FN2O2S/c23-19-11-13-21(14-12-19)28(26,27)25(20-9-2-1-3-10-20)16-18-7-4-6-17-8-5-15-24-22(17)18/h1-15H,16H2. The molecule has 0 unspecified atom stereocenters. The average Bonchev–Trinajstić information content (AvgIpc) is 2.73. The van der Waals surface area contributed by atoms with Crippen LogP contribution >= 0.6 is 0 Å². The molecule has 4 nitrogen and oxygen atoms in total. The van der Waals surface area contributed by atoms with Crippen molar-refractivity contribution in [3.8, 4) is 0 Å². The lowest BCUT2D eigenvalue weighted by Gasteiger charge is -2.25. The molecule has 0 saturated heterocycles. The summed E-state index contributed by atoms with van der Waals surface area (Å²) in [7, 11) is -3.90. The maximum Gasteiger partial charge on any atom is 0.264 e. The van der Waals surface area contributed by atoms with Crippen molar-refractivity contribution >= 4 is 26.6 Å². The number of aromatic nitrogens is 1. The molecule has 4 rings (SSSR count). The zero-order valence-corrected chi connectivity index (χ0v) is 15.7. The number of halogens is 1. The molecule has 28 heavy (non-hydrogen) atoms. The van der Waals surface area contributed by atoms with Crippen LogP contribution < -0.4 is 4.31 Å². The maximum atomic E-state index is 13.4. The Morgan fingerprint density at radius 3 is 2.29 bits per heavy atom. The molecule has 0 N–H and O–H groups in total. The van der Waals surface area contributed by atoms with Crippen LogP contribution in [0, 0.1) is 5.82 Å². The third-order valence-electron chi connectivity index (χ3n) is 4.48. The fourth-order valence-electron chi connectivity index (χ4n) is 3.09. The van der Waals surface area contributed by atoms with Gasteiger partial charge in [0.25, 0.3) is 10.0 Å². The fraction of sp³-hybridized carbons (Fsp3) is 0.0455. The maximum absolute atomic E-state index is 13.4. The van der Waals surface area contributed by atoms with E-state index >= 15 is 0 Å². The van der Waals surface area contributed by atoms with E-state index in [1.54, 1.807) is 30.5 Å². The Morgan fingerprint density at radius 2 is 1.54 bits per heavy atom. The van der Waals surface area contributed by atoms with E-state index in [1.165, 1.54) is 16.4 Å². The van der Waals surface area contributed by atoms with Gasteiger partial charge in [-0.25, -0.2) is 12.8 Å². The first-order valence-corrected chi connectivity index (χ1v) is 10.2. The predicted octanol–water partition coefficient (Wildman–Crippen LogP) is 4.77. The minimum atomic E-state index is -3.90. The smallest absolute Gasteiger partial charge is 0.262 e. The molecule has 0 saturated carbocycles. The van der Waals surface area contributed by atoms with E-state index in [2.05, 4.69) is 4.98 Å². The van der Waals surface area contributed by atoms with E-state index in [9.17, 15) is 12.8 Å². The van der Waals surface area contributed by atoms with Crippen LogP contribution in [0.15, 0.2) is 96.0 Å². The van der Waals surface area contributed by atoms with Gasteiger partial charge in [0.15, 0.2) is 0 Å². The van der Waals surface area contributed by atoms with Gasteiger partial charge in [-0.05, 0) is 48.0 Å². The topological polar surface area (TPSA) is 50.3 Å². The van der Waals surface area contributed by atoms with Crippen molar-refractivity contribution < 1.29 is 12.8 Å². The third-order valence-corrected chi connectivity index (χ3v) is 6.26. The summed E-state index contributed by atoms with van der Waals surface area (Å²) in [4.78, 5) is 4.46. The second-order valence-electron chi connectivity index (χ2n) is 6.29. The molecule has 0 aliphatic rings. The summed E-state index contributed by atoms with van der Waals surface area (Å²) in [5.74, 6) is -0.483. The minimum absolute atomic E-state index is 0.0333. The molecule has 1 heterocycles. The quantitative estimate of drug-likeness (QED) is 0.492. The van der Waals surface area contributed by atoms with Gasteiger partial charge in [0, 0.05) is 11.6 Å². The van der Waals surface area contributed by atoms with Crippen LogP contribution in [0.5, 0.6) is 0 Å². The molecule has 0 fully saturated rings. The first-order chi connectivity index (χ1) is 13.6. The number of sulfonamides is 1. The number of pyridine rings is 1. The molecule has 1 aromatic heterocycles. The van der Waals surface area contributed by atoms with Crippen molar-refractivity contribution in [2.75, 3.05) is 4.31 Å². The highest BCUT2D eigenvalue weighted by atomic mass is 32.2. The van der Waals surface area contributed by atoms with Crippen molar-refractivity contribution in [2.24, 2.45) is 0 Å². The molecule has 0 aliphatic heterocycles. The summed E-state index contributed by atoms with van der Waals surface area (Å²) >= 11 is 0. The average molecular weight is 392 g/mol. The van der Waals surface area contributed by atoms with Crippen LogP contribution in [0.25, 0.3) is 10.9 Å². The van der Waals surface area contributed by atoms with E-state index in [1.807, 2.05) is 36.4 Å². The number of nitrogens with zero attached hydrogens (tertiary/aromatic N) is 2. The van der Waals surface area contributed by atoms with Crippen molar-refractivity contribution in [3.63, 3.8) is 0 Å². The van der Waals surface area contributed by atoms with Crippen LogP contribution in [0.3, 0.4) is 0 Å². The zero-order valence-electron chi connectivity index (χ0n) is 14.9. The predicted molar refractivity (Wildman–Crippen MR) is 108 cm³/mol. The normalized spacial score (nSPS) is 11.5. The van der Waals surface area contributed by atoms with Crippen LogP contribution in [0.2, 0.25) is 0 Å². The first-order valence-electron chi connectivity index (χ1n) is 8.72. The monoisotopic (exact) mass is 392 g/mol. The van der Waals surface area contributed by atoms with Gasteiger partial charge in [0.2, 0.25) is 0 Å². The van der Waals surface area contributed by atoms with Crippen molar-refractivity contribution in [2.45, 2.75) is 11.4 Å². The molecule has 6 heteroatoms. The Bertz CT molecular complexity index is 1200. The molecule has 0 aliphatic carbocycles. The number of benzene rings is 3. The van der Waals surface area contributed by atoms with Gasteiger partial charge in [-0.1, -0.05) is 42.5 Å². The number of hydrogen-bond donors (Lipinski definition) is 0. The van der Waals surface area contributed by atoms with Gasteiger partial charge in [0.05, 0.1) is 22.6 Å². The van der Waals surface area contributed by atoms with Gasteiger partial charge in [-0.2, -0.15) is 0 Å². The molecular weight excluding hydrogens is 375 g/mol. The van der Waals surface area contributed by atoms with E-state index in [0.717, 1.165) is 28.6 Å². The Hall–Kier alpha value is -3.25. The molecule has 0 radical (unpaired) electrons. The zero-order chi connectivity index (χ0) is 19.6. The summed E-state index contributed by atoms with van der Waals surface area (Å²) in [6, 6.07) is 23.2. The van der Waals surface area contributed by atoms with Crippen molar-refractivity contribution in [1.29, 1.82) is 0 Å². The first kappa shape index (κ1) is 18.1. The van der Waals surface area contributed by atoms with E-state index in [0.29, 0.717) is 5.69 Å². The lowest BCUT2D eigenvalue weighted by molar-refractivity contribution is 0.589. The summed E-state index contributed by atoms with van der Waals surface area (Å²) < 4.78 is 41.4. The molecule has 4 aromatic rings. The third kappa shape index (κ3) is 3.46. The SMILES string of the molecule is O=S(=O)(c1ccc(F)cc1)N(Cc1cccc2cccnc12)c1ccccc1. The van der Waals surface area contributed by atoms with Crippen LogP contribution in [0.4, 0.5) is 10.1 Å². The van der Waals surface area contributed by atoms with Gasteiger partial charge in [0.1, 0.15) is 5.82 Å². The Balaban J connectivity index is 1.84. The molecule has 0 atom stereocenters. The van der Waals surface area contributed by atoms with Crippen LogP contribution in [-0.2, 0) is 16.6 Å². The number of rotatable bonds is 5. The highest BCUT2D eigenvalue weighted by molar-refractivity contribution is 7.92. The number of fused-ring (bicyclic) bond motifs is 1. The summed E-state index contributed by atoms with van der Waals surface area (Å²) in [6.45, 7) is 0.109. The van der Waals surface area contributed by atoms with Gasteiger partial charge in [-0.15, -0.1) is 0 Å². The summed E-state index contributed by atoms with van der Waals surface area (Å²) in [5, 5.41) is 0.937. The lowest BCUT2D eigenvalue weighted by atomic mass is 10.1. The van der Waals surface area contributed by atoms with Gasteiger partial charge in [-0.3, -0.25) is 9.29 Å². The lowest BCUT2D eigenvalue weighted by Crippen LogP contribution is -2.30. The molecule has 0 bridgehead atoms. The molecule has 140 valence electrons. The van der Waals surface area contributed by atoms with Gasteiger partial charge >= 0.3 is 0 Å². The summed E-state index contributed by atoms with van der Waals surface area (Å²) in [5.41, 5.74) is 2.06. The minimum Gasteiger partial charge on any atom is -0.262 e. The van der Waals surface area contributed by atoms with E-state index in [-0.39, 0.29) is 11.4 Å². The number of hydrogen-bond acceptors (Lipinski definition) is 3. The fourth-order valence-corrected chi connectivity index (χ4v) is 4.54. The Kier molecular flexibility index (Phi) is 4.79. The largest absolute Gasteiger partial charge is 0.264 e. The summed E-state index contributed by atoms with van der Waals surface area (Å²) in [6.07, 6.45) is 1.69. The van der Waals surface area contributed by atoms with Crippen LogP contribution in [0.1, 0.15) is 5.56 Å². The van der Waals surface area contributed by atoms with E-state index in [4.69, 9.17) is 0 Å². The van der Waals surface area contributed by atoms with E-state index < -0.39 is 15.8 Å². The van der Waals surface area contributed by atoms with Gasteiger partial charge < -0.3 is 0 Å². The molecule has 0 amide bonds. The number of para-hydroxylation sites is 2. The molecule has 0 spiro atoms. The highest BCUT2D eigenvalue weighted by Gasteiger charge is 2.26. The highest BCUT2D eigenvalue weighted by Crippen LogP contribution is 2.28. The Labute approximate surface area is 162 Å².